The molecule has 1 aliphatic rings. The van der Waals surface area contributed by atoms with Gasteiger partial charge in [-0.25, -0.2) is 9.79 Å². The van der Waals surface area contributed by atoms with Crippen molar-refractivity contribution in [3.63, 3.8) is 0 Å². The van der Waals surface area contributed by atoms with Crippen LogP contribution in [0, 0.1) is 0 Å². The Morgan fingerprint density at radius 3 is 2.48 bits per heavy atom. The molecule has 0 radical (unpaired) electrons. The minimum atomic E-state index is -0.800. The number of aromatic nitrogens is 1. The summed E-state index contributed by atoms with van der Waals surface area (Å²) in [4.78, 5) is 33.1. The number of benzene rings is 3. The van der Waals surface area contributed by atoms with Crippen LogP contribution in [0.15, 0.2) is 94.7 Å². The average Bonchev–Trinajstić information content (AvgIpc) is 3.34. The van der Waals surface area contributed by atoms with Gasteiger partial charge in [0.15, 0.2) is 16.3 Å². The summed E-state index contributed by atoms with van der Waals surface area (Å²) < 4.78 is 24.3. The van der Waals surface area contributed by atoms with Crippen molar-refractivity contribution in [3.05, 3.63) is 126 Å². The zero-order valence-electron chi connectivity index (χ0n) is 24.5. The van der Waals surface area contributed by atoms with Gasteiger partial charge in [-0.15, -0.1) is 0 Å². The standard InChI is InChI=1S/C34H31ClN2O6S/c1-5-17-43-31-25(35)18-21(19-26(31)40-4)20-27-32(38)37-30(23-13-15-24(16-14-23)41-6-2)28(33(39)42-7-3)29(36-34(37)44-27)22-11-9-8-10-12-22/h5,8-16,18-20,30H,1,6-7,17H2,2-4H3/b27-20-/t30-/m0/s1. The van der Waals surface area contributed by atoms with E-state index in [1.165, 1.54) is 18.4 Å². The zero-order chi connectivity index (χ0) is 31.2. The van der Waals surface area contributed by atoms with Crippen LogP contribution >= 0.6 is 22.9 Å². The van der Waals surface area contributed by atoms with E-state index >= 15 is 0 Å². The average molecular weight is 631 g/mol. The zero-order valence-corrected chi connectivity index (χ0v) is 26.1. The molecule has 0 unspecified atom stereocenters. The Balaban J connectivity index is 1.75. The molecule has 0 N–H and O–H groups in total. The fraction of sp³-hybridized carbons (Fsp3) is 0.206. The molecule has 0 spiro atoms. The van der Waals surface area contributed by atoms with Gasteiger partial charge in [-0.1, -0.05) is 78.1 Å². The number of ether oxygens (including phenoxy) is 4. The lowest BCUT2D eigenvalue weighted by atomic mass is 9.93. The van der Waals surface area contributed by atoms with E-state index in [-0.39, 0.29) is 24.3 Å². The summed E-state index contributed by atoms with van der Waals surface area (Å²) in [7, 11) is 1.52. The molecule has 1 aliphatic heterocycles. The SMILES string of the molecule is C=CCOc1c(Cl)cc(/C=c2\sc3n(c2=O)[C@@H](c2ccc(OCC)cc2)C(C(=O)OCC)=C(c2ccccc2)N=3)cc1OC. The smallest absolute Gasteiger partial charge is 0.338 e. The molecule has 0 aliphatic carbocycles. The fourth-order valence-electron chi connectivity index (χ4n) is 4.93. The molecule has 3 aromatic carbocycles. The molecule has 1 aromatic heterocycles. The van der Waals surface area contributed by atoms with E-state index in [2.05, 4.69) is 6.58 Å². The first-order chi connectivity index (χ1) is 21.4. The van der Waals surface area contributed by atoms with E-state index in [4.69, 9.17) is 35.5 Å². The van der Waals surface area contributed by atoms with E-state index in [9.17, 15) is 9.59 Å². The number of carbonyl (C=O) groups excluding carboxylic acids is 1. The summed E-state index contributed by atoms with van der Waals surface area (Å²) in [5, 5.41) is 0.327. The van der Waals surface area contributed by atoms with Crippen LogP contribution in [0.25, 0.3) is 11.8 Å². The molecule has 226 valence electrons. The van der Waals surface area contributed by atoms with Crippen molar-refractivity contribution in [2.45, 2.75) is 19.9 Å². The van der Waals surface area contributed by atoms with E-state index in [1.54, 1.807) is 35.8 Å². The Kier molecular flexibility index (Phi) is 9.67. The number of esters is 1. The van der Waals surface area contributed by atoms with Gasteiger partial charge in [0.2, 0.25) is 0 Å². The second-order valence-electron chi connectivity index (χ2n) is 9.57. The third-order valence-electron chi connectivity index (χ3n) is 6.78. The number of thiazole rings is 1. The number of methoxy groups -OCH3 is 1. The Morgan fingerprint density at radius 1 is 1.07 bits per heavy atom. The first-order valence-electron chi connectivity index (χ1n) is 14.0. The lowest BCUT2D eigenvalue weighted by Gasteiger charge is -2.26. The Bertz CT molecular complexity index is 1890. The molecule has 0 amide bonds. The van der Waals surface area contributed by atoms with Crippen molar-refractivity contribution in [2.24, 2.45) is 4.99 Å². The normalized spacial score (nSPS) is 14.5. The highest BCUT2D eigenvalue weighted by atomic mass is 35.5. The number of halogens is 1. The van der Waals surface area contributed by atoms with Gasteiger partial charge in [0.05, 0.1) is 47.2 Å². The van der Waals surface area contributed by atoms with E-state index in [0.717, 1.165) is 5.56 Å². The van der Waals surface area contributed by atoms with Crippen LogP contribution in [0.1, 0.15) is 36.6 Å². The van der Waals surface area contributed by atoms with E-state index in [0.29, 0.717) is 55.0 Å². The van der Waals surface area contributed by atoms with Crippen LogP contribution in [0.3, 0.4) is 0 Å². The van der Waals surface area contributed by atoms with Crippen molar-refractivity contribution in [1.29, 1.82) is 0 Å². The first-order valence-corrected chi connectivity index (χ1v) is 15.2. The van der Waals surface area contributed by atoms with E-state index in [1.807, 2.05) is 61.5 Å². The molecule has 8 nitrogen and oxygen atoms in total. The largest absolute Gasteiger partial charge is 0.494 e. The number of fused-ring (bicyclic) bond motifs is 1. The van der Waals surface area contributed by atoms with Crippen molar-refractivity contribution in [2.75, 3.05) is 26.9 Å². The van der Waals surface area contributed by atoms with Crippen LogP contribution in [0.2, 0.25) is 5.02 Å². The second-order valence-corrected chi connectivity index (χ2v) is 11.0. The third kappa shape index (κ3) is 6.20. The highest BCUT2D eigenvalue weighted by molar-refractivity contribution is 7.07. The molecule has 2 heterocycles. The van der Waals surface area contributed by atoms with Crippen LogP contribution in [0.5, 0.6) is 17.2 Å². The van der Waals surface area contributed by atoms with E-state index < -0.39 is 12.0 Å². The fourth-order valence-corrected chi connectivity index (χ4v) is 6.20. The Hall–Kier alpha value is -4.60. The number of carbonyl (C=O) groups is 1. The Morgan fingerprint density at radius 2 is 1.82 bits per heavy atom. The highest BCUT2D eigenvalue weighted by Crippen LogP contribution is 2.37. The lowest BCUT2D eigenvalue weighted by Crippen LogP contribution is -2.40. The summed E-state index contributed by atoms with van der Waals surface area (Å²) in [5.41, 5.74) is 2.48. The van der Waals surface area contributed by atoms with Crippen molar-refractivity contribution in [3.8, 4) is 17.2 Å². The summed E-state index contributed by atoms with van der Waals surface area (Å²) in [5.74, 6) is 0.936. The number of hydrogen-bond donors (Lipinski definition) is 0. The van der Waals surface area contributed by atoms with Gasteiger partial charge in [0, 0.05) is 5.56 Å². The maximum absolute atomic E-state index is 14.2. The minimum Gasteiger partial charge on any atom is -0.494 e. The molecular weight excluding hydrogens is 600 g/mol. The van der Waals surface area contributed by atoms with Crippen molar-refractivity contribution < 1.29 is 23.7 Å². The highest BCUT2D eigenvalue weighted by Gasteiger charge is 2.35. The van der Waals surface area contributed by atoms with Crippen LogP contribution < -0.4 is 29.1 Å². The van der Waals surface area contributed by atoms with Crippen molar-refractivity contribution in [1.82, 2.24) is 4.57 Å². The van der Waals surface area contributed by atoms with Gasteiger partial charge in [-0.05, 0) is 55.3 Å². The maximum Gasteiger partial charge on any atom is 0.338 e. The van der Waals surface area contributed by atoms with Gasteiger partial charge in [0.25, 0.3) is 5.56 Å². The maximum atomic E-state index is 14.2. The minimum absolute atomic E-state index is 0.167. The molecule has 10 heteroatoms. The predicted molar refractivity (Wildman–Crippen MR) is 172 cm³/mol. The molecule has 0 bridgehead atoms. The number of nitrogens with zero attached hydrogens (tertiary/aromatic N) is 2. The molecule has 0 saturated carbocycles. The molecule has 5 rings (SSSR count). The lowest BCUT2D eigenvalue weighted by molar-refractivity contribution is -0.138. The van der Waals surface area contributed by atoms with Crippen molar-refractivity contribution >= 4 is 40.7 Å². The quantitative estimate of drug-likeness (QED) is 0.159. The first kappa shape index (κ1) is 30.8. The van der Waals surface area contributed by atoms with Crippen LogP contribution in [-0.4, -0.2) is 37.5 Å². The Labute approximate surface area is 263 Å². The number of hydrogen-bond acceptors (Lipinski definition) is 8. The van der Waals surface area contributed by atoms with Crippen LogP contribution in [-0.2, 0) is 9.53 Å². The van der Waals surface area contributed by atoms with Gasteiger partial charge in [-0.2, -0.15) is 0 Å². The molecule has 44 heavy (non-hydrogen) atoms. The topological polar surface area (TPSA) is 88.4 Å². The summed E-state index contributed by atoms with van der Waals surface area (Å²) in [6, 6.07) is 19.4. The summed E-state index contributed by atoms with van der Waals surface area (Å²) in [6.45, 7) is 8.25. The summed E-state index contributed by atoms with van der Waals surface area (Å²) in [6.07, 6.45) is 3.33. The molecule has 0 fully saturated rings. The second kappa shape index (κ2) is 13.8. The van der Waals surface area contributed by atoms with Crippen LogP contribution in [0.4, 0.5) is 0 Å². The van der Waals surface area contributed by atoms with Gasteiger partial charge in [0.1, 0.15) is 12.4 Å². The summed E-state index contributed by atoms with van der Waals surface area (Å²) >= 11 is 7.76. The third-order valence-corrected chi connectivity index (χ3v) is 8.04. The van der Waals surface area contributed by atoms with Gasteiger partial charge in [-0.3, -0.25) is 9.36 Å². The number of rotatable bonds is 11. The molecule has 0 saturated heterocycles. The van der Waals surface area contributed by atoms with Gasteiger partial charge < -0.3 is 18.9 Å². The monoisotopic (exact) mass is 630 g/mol. The molecule has 1 atom stereocenters. The predicted octanol–water partition coefficient (Wildman–Crippen LogP) is 5.56. The van der Waals surface area contributed by atoms with Gasteiger partial charge >= 0.3 is 5.97 Å². The molecule has 4 aromatic rings. The molecular formula is C34H31ClN2O6S.